The molecule has 2 bridgehead atoms. The number of benzene rings is 3. The van der Waals surface area contributed by atoms with E-state index in [-0.39, 0.29) is 73.5 Å². The van der Waals surface area contributed by atoms with E-state index in [1.165, 1.54) is 18.2 Å². The summed E-state index contributed by atoms with van der Waals surface area (Å²) in [6, 6.07) is 6.30. The van der Waals surface area contributed by atoms with Crippen molar-refractivity contribution in [3.8, 4) is 35.2 Å². The number of halogens is 5. The number of alkyl halides is 3. The van der Waals surface area contributed by atoms with Crippen LogP contribution >= 0.6 is 11.8 Å². The molecule has 1 aromatic heterocycles. The van der Waals surface area contributed by atoms with Crippen LogP contribution in [0.5, 0.6) is 11.8 Å². The van der Waals surface area contributed by atoms with E-state index in [0.29, 0.717) is 19.7 Å². The van der Waals surface area contributed by atoms with Crippen molar-refractivity contribution in [3.05, 3.63) is 47.5 Å². The van der Waals surface area contributed by atoms with Gasteiger partial charge in [-0.1, -0.05) is 12.0 Å². The lowest BCUT2D eigenvalue weighted by atomic mass is 9.85. The highest BCUT2D eigenvalue weighted by Crippen LogP contribution is 2.51. The number of terminal acetylenes is 1. The van der Waals surface area contributed by atoms with Crippen LogP contribution in [-0.2, 0) is 4.74 Å². The van der Waals surface area contributed by atoms with Gasteiger partial charge in [0.2, 0.25) is 0 Å². The Labute approximate surface area is 294 Å². The maximum atomic E-state index is 17.3. The molecule has 2 N–H and O–H groups in total. The number of nitrogens with one attached hydrogen (secondary N) is 1. The van der Waals surface area contributed by atoms with Gasteiger partial charge >= 0.3 is 11.5 Å². The predicted molar refractivity (Wildman–Crippen MR) is 183 cm³/mol. The van der Waals surface area contributed by atoms with Crippen molar-refractivity contribution < 1.29 is 36.5 Å². The summed E-state index contributed by atoms with van der Waals surface area (Å²) >= 11 is -0.501. The molecule has 9 rings (SSSR count). The van der Waals surface area contributed by atoms with Crippen molar-refractivity contribution in [2.45, 2.75) is 60.2 Å². The minimum atomic E-state index is -4.82. The Hall–Kier alpha value is -3.90. The second kappa shape index (κ2) is 11.8. The third kappa shape index (κ3) is 5.92. The summed E-state index contributed by atoms with van der Waals surface area (Å²) in [7, 11) is 0. The molecule has 4 aliphatic heterocycles. The summed E-state index contributed by atoms with van der Waals surface area (Å²) in [5, 5.41) is 14.5. The van der Waals surface area contributed by atoms with Crippen molar-refractivity contribution >= 4 is 39.3 Å². The van der Waals surface area contributed by atoms with Crippen LogP contribution in [0.1, 0.15) is 37.7 Å². The van der Waals surface area contributed by atoms with E-state index in [2.05, 4.69) is 21.1 Å². The number of thioether (sulfide) groups is 1. The number of anilines is 1. The van der Waals surface area contributed by atoms with Gasteiger partial charge in [-0.05, 0) is 72.7 Å². The van der Waals surface area contributed by atoms with Gasteiger partial charge in [0.05, 0.1) is 24.4 Å². The second-order valence-corrected chi connectivity index (χ2v) is 15.9. The van der Waals surface area contributed by atoms with Crippen LogP contribution in [0.2, 0.25) is 0 Å². The molecule has 2 atom stereocenters. The van der Waals surface area contributed by atoms with Gasteiger partial charge in [-0.2, -0.15) is 23.1 Å². The number of phenols is 1. The van der Waals surface area contributed by atoms with Crippen LogP contribution in [0.15, 0.2) is 35.2 Å². The first-order valence-electron chi connectivity index (χ1n) is 17.1. The zero-order chi connectivity index (χ0) is 35.3. The number of nitrogens with zero attached hydrogens (tertiary/aromatic N) is 4. The highest BCUT2D eigenvalue weighted by atomic mass is 32.2. The molecular weight excluding hydrogens is 689 g/mol. The number of phenolic OH excluding ortho intramolecular Hbond substituents is 1. The predicted octanol–water partition coefficient (Wildman–Crippen LogP) is 6.60. The molecule has 4 aromatic rings. The first kappa shape index (κ1) is 33.0. The number of fused-ring (bicyclic) bond motifs is 4. The van der Waals surface area contributed by atoms with Gasteiger partial charge in [0, 0.05) is 77.9 Å². The smallest absolute Gasteiger partial charge is 0.446 e. The van der Waals surface area contributed by atoms with Crippen LogP contribution in [0.4, 0.5) is 27.8 Å². The van der Waals surface area contributed by atoms with E-state index in [0.717, 1.165) is 70.5 Å². The largest absolute Gasteiger partial charge is 0.508 e. The van der Waals surface area contributed by atoms with Crippen molar-refractivity contribution in [1.82, 2.24) is 20.2 Å². The molecule has 2 unspecified atom stereocenters. The van der Waals surface area contributed by atoms with Gasteiger partial charge in [0.15, 0.2) is 5.82 Å². The topological polar surface area (TPSA) is 83.0 Å². The van der Waals surface area contributed by atoms with E-state index in [1.54, 1.807) is 0 Å². The highest BCUT2D eigenvalue weighted by molar-refractivity contribution is 8.00. The van der Waals surface area contributed by atoms with Crippen LogP contribution < -0.4 is 15.0 Å². The van der Waals surface area contributed by atoms with Crippen LogP contribution in [0.3, 0.4) is 0 Å². The second-order valence-electron chi connectivity index (χ2n) is 14.8. The normalized spacial score (nSPS) is 23.3. The van der Waals surface area contributed by atoms with Gasteiger partial charge in [0.1, 0.15) is 22.9 Å². The van der Waals surface area contributed by atoms with E-state index in [1.807, 2.05) is 4.90 Å². The number of piperazine rings is 1. The fourth-order valence-electron chi connectivity index (χ4n) is 8.40. The average Bonchev–Trinajstić information content (AvgIpc) is 3.73. The maximum Gasteiger partial charge on any atom is 0.446 e. The molecule has 5 fully saturated rings. The molecule has 3 aromatic carbocycles. The van der Waals surface area contributed by atoms with Crippen LogP contribution in [0, 0.1) is 29.4 Å². The molecule has 5 aliphatic rings. The molecule has 4 saturated heterocycles. The van der Waals surface area contributed by atoms with E-state index < -0.39 is 39.4 Å². The first-order chi connectivity index (χ1) is 24.4. The molecule has 51 heavy (non-hydrogen) atoms. The molecule has 0 amide bonds. The minimum Gasteiger partial charge on any atom is -0.508 e. The molecule has 1 spiro atoms. The fourth-order valence-corrected chi connectivity index (χ4v) is 9.13. The number of likely N-dealkylation sites (tertiary alicyclic amines) is 1. The summed E-state index contributed by atoms with van der Waals surface area (Å²) in [5.74, 6) is 0.300. The standard InChI is InChI=1S/C37H34F5N5O3S/c1-2-24-27(38)6-3-20-11-23(48)12-25(29(20)24)30-28(51-37(40,41)42)13-26-32(31(30)39)44-34(45-33(26)47-14-21-4-5-22(15-47)43-21)49-19-35(7-8-35)16-46-17-36(18-46)9-10-50-36/h1,3,6,11-13,21-22,43,48H,4-5,7-10,14-19H2. The Balaban J connectivity index is 1.18. The number of rotatable bonds is 8. The van der Waals surface area contributed by atoms with E-state index in [4.69, 9.17) is 20.9 Å². The Kier molecular flexibility index (Phi) is 7.64. The van der Waals surface area contributed by atoms with Crippen molar-refractivity contribution in [1.29, 1.82) is 0 Å². The fraction of sp³-hybridized carbons (Fsp3) is 0.459. The summed E-state index contributed by atoms with van der Waals surface area (Å²) in [6.07, 6.45) is 10.5. The monoisotopic (exact) mass is 723 g/mol. The summed E-state index contributed by atoms with van der Waals surface area (Å²) in [4.78, 5) is 13.1. The number of ether oxygens (including phenoxy) is 2. The third-order valence-corrected chi connectivity index (χ3v) is 11.8. The quantitative estimate of drug-likeness (QED) is 0.119. The number of hydrogen-bond acceptors (Lipinski definition) is 9. The summed E-state index contributed by atoms with van der Waals surface area (Å²) in [5.41, 5.74) is -6.12. The highest BCUT2D eigenvalue weighted by Gasteiger charge is 2.53. The minimum absolute atomic E-state index is 0.00208. The molecular formula is C37H34F5N5O3S. The Morgan fingerprint density at radius 1 is 1.08 bits per heavy atom. The molecule has 8 nitrogen and oxygen atoms in total. The van der Waals surface area contributed by atoms with Gasteiger partial charge in [0.25, 0.3) is 0 Å². The lowest BCUT2D eigenvalue weighted by Crippen LogP contribution is -2.68. The zero-order valence-corrected chi connectivity index (χ0v) is 28.3. The molecule has 266 valence electrons. The zero-order valence-electron chi connectivity index (χ0n) is 27.5. The Morgan fingerprint density at radius 3 is 2.47 bits per heavy atom. The molecule has 0 radical (unpaired) electrons. The number of aromatic nitrogens is 2. The van der Waals surface area contributed by atoms with Crippen molar-refractivity contribution in [2.24, 2.45) is 5.41 Å². The van der Waals surface area contributed by atoms with Gasteiger partial charge < -0.3 is 24.8 Å². The lowest BCUT2D eigenvalue weighted by Gasteiger charge is -2.56. The number of aromatic hydroxyl groups is 1. The van der Waals surface area contributed by atoms with Crippen molar-refractivity contribution in [3.63, 3.8) is 0 Å². The third-order valence-electron chi connectivity index (χ3n) is 11.1. The molecule has 5 heterocycles. The van der Waals surface area contributed by atoms with Gasteiger partial charge in [-0.3, -0.25) is 4.90 Å². The average molecular weight is 724 g/mol. The maximum absolute atomic E-state index is 17.3. The van der Waals surface area contributed by atoms with Crippen molar-refractivity contribution in [2.75, 3.05) is 50.8 Å². The van der Waals surface area contributed by atoms with Gasteiger partial charge in [-0.25, -0.2) is 8.78 Å². The SMILES string of the molecule is C#Cc1c(F)ccc2cc(O)cc(-c3c(SC(F)(F)F)cc4c(N5CC6CCC(C5)N6)nc(OCC5(CN6CC7(CCO7)C6)CC5)nc4c3F)c12. The van der Waals surface area contributed by atoms with Crippen LogP contribution in [-0.4, -0.2) is 89.1 Å². The number of hydrogen-bond donors (Lipinski definition) is 2. The van der Waals surface area contributed by atoms with Gasteiger partial charge in [-0.15, -0.1) is 6.42 Å². The summed E-state index contributed by atoms with van der Waals surface area (Å²) < 4.78 is 87.0. The Bertz CT molecular complexity index is 2110. The molecule has 1 saturated carbocycles. The molecule has 14 heteroatoms. The molecule has 1 aliphatic carbocycles. The van der Waals surface area contributed by atoms with E-state index >= 15 is 8.78 Å². The Morgan fingerprint density at radius 2 is 1.82 bits per heavy atom. The lowest BCUT2D eigenvalue weighted by molar-refractivity contribution is -0.224. The van der Waals surface area contributed by atoms with E-state index in [9.17, 15) is 18.3 Å². The van der Waals surface area contributed by atoms with Crippen LogP contribution in [0.25, 0.3) is 32.8 Å². The first-order valence-corrected chi connectivity index (χ1v) is 17.9. The summed E-state index contributed by atoms with van der Waals surface area (Å²) in [6.45, 7) is 4.75.